The summed E-state index contributed by atoms with van der Waals surface area (Å²) >= 11 is 0. The van der Waals surface area contributed by atoms with Crippen molar-refractivity contribution in [2.45, 2.75) is 76.3 Å². The Morgan fingerprint density at radius 3 is 2.73 bits per heavy atom. The molecule has 2 aliphatic rings. The molecule has 7 heteroatoms. The Morgan fingerprint density at radius 1 is 1.05 bits per heavy atom. The smallest absolute Gasteiger partial charge is 0.242 e. The first-order valence-corrected chi connectivity index (χ1v) is 14.7. The highest BCUT2D eigenvalue weighted by Gasteiger charge is 2.28. The Balaban J connectivity index is 1.13. The van der Waals surface area contributed by atoms with Crippen molar-refractivity contribution >= 4 is 11.7 Å². The summed E-state index contributed by atoms with van der Waals surface area (Å²) in [5.41, 5.74) is 6.48. The highest BCUT2D eigenvalue weighted by atomic mass is 19.1. The molecule has 212 valence electrons. The molecule has 4 aromatic rings. The van der Waals surface area contributed by atoms with Crippen LogP contribution in [0.1, 0.15) is 66.3 Å². The van der Waals surface area contributed by atoms with E-state index in [2.05, 4.69) is 58.1 Å². The third-order valence-electron chi connectivity index (χ3n) is 8.62. The van der Waals surface area contributed by atoms with Gasteiger partial charge in [0.1, 0.15) is 18.0 Å². The van der Waals surface area contributed by atoms with Gasteiger partial charge in [-0.25, -0.2) is 13.8 Å². The lowest BCUT2D eigenvalue weighted by Gasteiger charge is -2.29. The number of halogens is 2. The van der Waals surface area contributed by atoms with E-state index in [-0.39, 0.29) is 11.9 Å². The number of anilines is 1. The number of benzene rings is 3. The van der Waals surface area contributed by atoms with E-state index in [1.807, 2.05) is 23.8 Å². The second kappa shape index (κ2) is 12.0. The molecule has 1 heterocycles. The van der Waals surface area contributed by atoms with Crippen molar-refractivity contribution in [1.29, 1.82) is 0 Å². The fourth-order valence-electron chi connectivity index (χ4n) is 6.58. The Kier molecular flexibility index (Phi) is 7.97. The van der Waals surface area contributed by atoms with Crippen LogP contribution in [0.4, 0.5) is 14.6 Å². The Bertz CT molecular complexity index is 1550. The topological polar surface area (TPSA) is 59.0 Å². The first kappa shape index (κ1) is 27.3. The number of aromatic nitrogens is 2. The minimum Gasteiger partial charge on any atom is -0.308 e. The van der Waals surface area contributed by atoms with Crippen LogP contribution in [0.3, 0.4) is 0 Å². The van der Waals surface area contributed by atoms with Crippen molar-refractivity contribution in [3.8, 4) is 5.69 Å². The zero-order valence-corrected chi connectivity index (χ0v) is 23.4. The van der Waals surface area contributed by atoms with Crippen molar-refractivity contribution in [2.75, 3.05) is 5.32 Å². The number of imidazole rings is 1. The van der Waals surface area contributed by atoms with Gasteiger partial charge in [-0.2, -0.15) is 0 Å². The van der Waals surface area contributed by atoms with Gasteiger partial charge in [0.05, 0.1) is 12.2 Å². The minimum atomic E-state index is -0.540. The molecule has 0 radical (unpaired) electrons. The highest BCUT2D eigenvalue weighted by molar-refractivity contribution is 5.94. The second-order valence-electron chi connectivity index (χ2n) is 11.4. The highest BCUT2D eigenvalue weighted by Crippen LogP contribution is 2.36. The Hall–Kier alpha value is -3.84. The molecule has 1 aromatic heterocycles. The number of fused-ring (bicyclic) bond motifs is 2. The maximum Gasteiger partial charge on any atom is 0.242 e. The number of nitrogens with one attached hydrogen (secondary N) is 2. The van der Waals surface area contributed by atoms with Crippen molar-refractivity contribution in [2.24, 2.45) is 0 Å². The quantitative estimate of drug-likeness (QED) is 0.243. The lowest BCUT2D eigenvalue weighted by Crippen LogP contribution is -2.48. The number of hydrogen-bond donors (Lipinski definition) is 2. The number of nitrogens with zero attached hydrogens (tertiary/aromatic N) is 2. The van der Waals surface area contributed by atoms with Crippen LogP contribution >= 0.6 is 0 Å². The van der Waals surface area contributed by atoms with Crippen LogP contribution < -0.4 is 10.6 Å². The predicted molar refractivity (Wildman–Crippen MR) is 157 cm³/mol. The third-order valence-corrected chi connectivity index (χ3v) is 8.62. The molecule has 0 saturated carbocycles. The molecule has 6 rings (SSSR count). The van der Waals surface area contributed by atoms with Gasteiger partial charge in [0.15, 0.2) is 5.82 Å². The number of aryl methyl sites for hydroxylation is 2. The fraction of sp³-hybridized carbons (Fsp3) is 0.353. The van der Waals surface area contributed by atoms with Crippen LogP contribution in [0.2, 0.25) is 0 Å². The molecule has 1 amide bonds. The molecule has 0 saturated heterocycles. The van der Waals surface area contributed by atoms with Gasteiger partial charge >= 0.3 is 0 Å². The first-order valence-electron chi connectivity index (χ1n) is 14.7. The molecule has 5 nitrogen and oxygen atoms in total. The third kappa shape index (κ3) is 5.96. The number of carbonyl (C=O) groups excluding carboxylic acids is 1. The van der Waals surface area contributed by atoms with E-state index in [1.54, 1.807) is 6.33 Å². The molecule has 2 aliphatic carbocycles. The molecular formula is C34H36F2N4O. The van der Waals surface area contributed by atoms with E-state index in [1.165, 1.54) is 22.8 Å². The maximum absolute atomic E-state index is 14.4. The maximum atomic E-state index is 14.4. The fourth-order valence-corrected chi connectivity index (χ4v) is 6.58. The van der Waals surface area contributed by atoms with Gasteiger partial charge in [-0.15, -0.1) is 0 Å². The van der Waals surface area contributed by atoms with E-state index in [0.717, 1.165) is 49.4 Å². The van der Waals surface area contributed by atoms with Crippen LogP contribution in [0.5, 0.6) is 0 Å². The van der Waals surface area contributed by atoms with Gasteiger partial charge in [0, 0.05) is 17.8 Å². The summed E-state index contributed by atoms with van der Waals surface area (Å²) in [5.74, 6) is -0.212. The van der Waals surface area contributed by atoms with Gasteiger partial charge < -0.3 is 15.2 Å². The second-order valence-corrected chi connectivity index (χ2v) is 11.4. The number of rotatable bonds is 9. The van der Waals surface area contributed by atoms with E-state index < -0.39 is 17.7 Å². The SMILES string of the molecule is CCC[C@H](N[C@H]1CCc2cc(F)cc(F)c2C1)C(=O)Nc1cn(-c2ccccc2CC2CCc3ccccc32)cn1. The average molecular weight is 555 g/mol. The molecular weight excluding hydrogens is 518 g/mol. The summed E-state index contributed by atoms with van der Waals surface area (Å²) in [5, 5.41) is 6.44. The predicted octanol–water partition coefficient (Wildman–Crippen LogP) is 6.68. The number of para-hydroxylation sites is 1. The van der Waals surface area contributed by atoms with Gasteiger partial charge in [0.2, 0.25) is 5.91 Å². The molecule has 3 aromatic carbocycles. The van der Waals surface area contributed by atoms with Crippen LogP contribution in [0.15, 0.2) is 73.2 Å². The van der Waals surface area contributed by atoms with Gasteiger partial charge in [0.25, 0.3) is 0 Å². The minimum absolute atomic E-state index is 0.0603. The zero-order chi connectivity index (χ0) is 28.3. The lowest BCUT2D eigenvalue weighted by molar-refractivity contribution is -0.118. The summed E-state index contributed by atoms with van der Waals surface area (Å²) in [6.07, 6.45) is 10.0. The first-order chi connectivity index (χ1) is 20.0. The van der Waals surface area contributed by atoms with Gasteiger partial charge in [-0.05, 0) is 90.8 Å². The molecule has 0 bridgehead atoms. The zero-order valence-electron chi connectivity index (χ0n) is 23.4. The molecule has 3 atom stereocenters. The van der Waals surface area contributed by atoms with E-state index in [4.69, 9.17) is 0 Å². The molecule has 0 aliphatic heterocycles. The van der Waals surface area contributed by atoms with Gasteiger partial charge in [-0.1, -0.05) is 55.8 Å². The molecule has 0 fully saturated rings. The molecule has 0 spiro atoms. The van der Waals surface area contributed by atoms with Crippen LogP contribution in [0, 0.1) is 11.6 Å². The monoisotopic (exact) mass is 554 g/mol. The van der Waals surface area contributed by atoms with Crippen LogP contribution in [-0.4, -0.2) is 27.5 Å². The van der Waals surface area contributed by atoms with Crippen molar-refractivity contribution < 1.29 is 13.6 Å². The summed E-state index contributed by atoms with van der Waals surface area (Å²) in [7, 11) is 0. The normalized spacial score (nSPS) is 18.5. The standard InChI is InChI=1S/C34H36F2N4O/c1-2-7-31(38-27-15-14-24-17-26(35)18-30(36)29(24)19-27)34(41)39-33-20-40(21-37-33)32-11-6-4-9-25(32)16-23-13-12-22-8-3-5-10-28(22)23/h3-6,8-11,17-18,20-21,23,27,31,38H,2,7,12-16,19H2,1H3,(H,39,41)/t23?,27-,31-/m0/s1. The molecule has 1 unspecified atom stereocenters. The number of amides is 1. The van der Waals surface area contributed by atoms with Crippen molar-refractivity contribution in [1.82, 2.24) is 14.9 Å². The van der Waals surface area contributed by atoms with Crippen molar-refractivity contribution in [3.05, 3.63) is 113 Å². The van der Waals surface area contributed by atoms with Gasteiger partial charge in [-0.3, -0.25) is 4.79 Å². The number of hydrogen-bond acceptors (Lipinski definition) is 3. The summed E-state index contributed by atoms with van der Waals surface area (Å²) < 4.78 is 30.0. The summed E-state index contributed by atoms with van der Waals surface area (Å²) in [6, 6.07) is 19.0. The van der Waals surface area contributed by atoms with E-state index in [9.17, 15) is 13.6 Å². The Morgan fingerprint density at radius 2 is 1.85 bits per heavy atom. The van der Waals surface area contributed by atoms with Crippen LogP contribution in [-0.2, 0) is 30.5 Å². The summed E-state index contributed by atoms with van der Waals surface area (Å²) in [4.78, 5) is 17.8. The lowest BCUT2D eigenvalue weighted by atomic mass is 9.87. The van der Waals surface area contributed by atoms with Crippen molar-refractivity contribution in [3.63, 3.8) is 0 Å². The average Bonchev–Trinajstić information content (AvgIpc) is 3.60. The molecule has 41 heavy (non-hydrogen) atoms. The van der Waals surface area contributed by atoms with E-state index in [0.29, 0.717) is 36.6 Å². The molecule has 2 N–H and O–H groups in total. The summed E-state index contributed by atoms with van der Waals surface area (Å²) in [6.45, 7) is 2.04. The Labute approximate surface area is 240 Å². The van der Waals surface area contributed by atoms with E-state index >= 15 is 0 Å². The van der Waals surface area contributed by atoms with Crippen LogP contribution in [0.25, 0.3) is 5.69 Å². The largest absolute Gasteiger partial charge is 0.308 e. The number of carbonyl (C=O) groups is 1.